The molecule has 128 valence electrons. The second kappa shape index (κ2) is 7.59. The van der Waals surface area contributed by atoms with Gasteiger partial charge in [-0.3, -0.25) is 14.6 Å². The highest BCUT2D eigenvalue weighted by molar-refractivity contribution is 5.92. The maximum atomic E-state index is 11.3. The topological polar surface area (TPSA) is 67.4 Å². The Morgan fingerprint density at radius 1 is 1.17 bits per heavy atom. The number of aryl methyl sites for hydroxylation is 1. The van der Waals surface area contributed by atoms with E-state index in [1.807, 2.05) is 24.5 Å². The van der Waals surface area contributed by atoms with Crippen molar-refractivity contribution in [2.45, 2.75) is 26.6 Å². The zero-order valence-corrected chi connectivity index (χ0v) is 14.2. The lowest BCUT2D eigenvalue weighted by atomic mass is 10.1. The van der Waals surface area contributed by atoms with Gasteiger partial charge in [0.25, 0.3) is 0 Å². The molecule has 0 aliphatic carbocycles. The Morgan fingerprint density at radius 3 is 2.54 bits per heavy atom. The van der Waals surface area contributed by atoms with Crippen molar-refractivity contribution in [2.75, 3.05) is 26.2 Å². The number of hydrogen-bond acceptors (Lipinski definition) is 4. The summed E-state index contributed by atoms with van der Waals surface area (Å²) in [7, 11) is 0. The molecule has 1 aliphatic rings. The standard InChI is InChI=1S/C18H25N5O/c1-2-23-7-6-20-17(23)14-22-10-8-21(9-11-22)13-15-4-3-5-16(12-15)18(19)24/h3-7,12H,2,8-11,13-14H2,1H3,(H2,19,24). The summed E-state index contributed by atoms with van der Waals surface area (Å²) < 4.78 is 2.20. The van der Waals surface area contributed by atoms with Crippen LogP contribution in [0.4, 0.5) is 0 Å². The van der Waals surface area contributed by atoms with Gasteiger partial charge in [-0.25, -0.2) is 4.98 Å². The molecule has 0 bridgehead atoms. The van der Waals surface area contributed by atoms with Crippen LogP contribution in [0.15, 0.2) is 36.7 Å². The first-order valence-corrected chi connectivity index (χ1v) is 8.49. The number of primary amides is 1. The maximum Gasteiger partial charge on any atom is 0.248 e. The summed E-state index contributed by atoms with van der Waals surface area (Å²) in [6.45, 7) is 8.98. The van der Waals surface area contributed by atoms with Gasteiger partial charge < -0.3 is 10.3 Å². The summed E-state index contributed by atoms with van der Waals surface area (Å²) in [5, 5.41) is 0. The van der Waals surface area contributed by atoms with E-state index >= 15 is 0 Å². The third-order valence-corrected chi connectivity index (χ3v) is 4.59. The fourth-order valence-electron chi connectivity index (χ4n) is 3.17. The van der Waals surface area contributed by atoms with Crippen molar-refractivity contribution >= 4 is 5.91 Å². The number of rotatable bonds is 6. The number of aromatic nitrogens is 2. The average Bonchev–Trinajstić information content (AvgIpc) is 3.04. The molecule has 2 heterocycles. The van der Waals surface area contributed by atoms with Gasteiger partial charge in [0.2, 0.25) is 5.91 Å². The Morgan fingerprint density at radius 2 is 1.88 bits per heavy atom. The first-order valence-electron chi connectivity index (χ1n) is 8.49. The molecule has 1 saturated heterocycles. The normalized spacial score (nSPS) is 16.4. The van der Waals surface area contributed by atoms with Crippen molar-refractivity contribution in [3.63, 3.8) is 0 Å². The molecule has 2 N–H and O–H groups in total. The van der Waals surface area contributed by atoms with Crippen LogP contribution in [-0.2, 0) is 19.6 Å². The number of carbonyl (C=O) groups is 1. The van der Waals surface area contributed by atoms with Crippen LogP contribution in [0.1, 0.15) is 28.7 Å². The van der Waals surface area contributed by atoms with Crippen molar-refractivity contribution < 1.29 is 4.79 Å². The van der Waals surface area contributed by atoms with Crippen molar-refractivity contribution in [1.82, 2.24) is 19.4 Å². The molecular weight excluding hydrogens is 302 g/mol. The lowest BCUT2D eigenvalue weighted by molar-refractivity contribution is 0.0999. The lowest BCUT2D eigenvalue weighted by Gasteiger charge is -2.34. The molecule has 6 heteroatoms. The molecule has 1 aliphatic heterocycles. The van der Waals surface area contributed by atoms with E-state index in [1.54, 1.807) is 6.07 Å². The van der Waals surface area contributed by atoms with E-state index in [-0.39, 0.29) is 5.91 Å². The third kappa shape index (κ3) is 4.01. The molecule has 0 saturated carbocycles. The van der Waals surface area contributed by atoms with E-state index in [1.165, 1.54) is 0 Å². The monoisotopic (exact) mass is 327 g/mol. The molecule has 1 aromatic carbocycles. The van der Waals surface area contributed by atoms with Gasteiger partial charge in [0.1, 0.15) is 5.82 Å². The highest BCUT2D eigenvalue weighted by Gasteiger charge is 2.18. The van der Waals surface area contributed by atoms with Crippen LogP contribution in [0.3, 0.4) is 0 Å². The van der Waals surface area contributed by atoms with Crippen LogP contribution in [0.2, 0.25) is 0 Å². The van der Waals surface area contributed by atoms with Gasteiger partial charge in [0.15, 0.2) is 0 Å². The minimum atomic E-state index is -0.368. The summed E-state index contributed by atoms with van der Waals surface area (Å²) in [5.74, 6) is 0.771. The van der Waals surface area contributed by atoms with E-state index in [2.05, 4.69) is 32.3 Å². The third-order valence-electron chi connectivity index (χ3n) is 4.59. The number of hydrogen-bond donors (Lipinski definition) is 1. The number of piperazine rings is 1. The summed E-state index contributed by atoms with van der Waals surface area (Å²) in [5.41, 5.74) is 7.08. The maximum absolute atomic E-state index is 11.3. The fraction of sp³-hybridized carbons (Fsp3) is 0.444. The van der Waals surface area contributed by atoms with Crippen molar-refractivity contribution in [2.24, 2.45) is 5.73 Å². The first-order chi connectivity index (χ1) is 11.7. The lowest BCUT2D eigenvalue weighted by Crippen LogP contribution is -2.45. The number of carbonyl (C=O) groups excluding carboxylic acids is 1. The summed E-state index contributed by atoms with van der Waals surface area (Å²) in [6, 6.07) is 7.61. The van der Waals surface area contributed by atoms with Crippen LogP contribution in [0.25, 0.3) is 0 Å². The van der Waals surface area contributed by atoms with E-state index in [4.69, 9.17) is 5.73 Å². The van der Waals surface area contributed by atoms with E-state index in [9.17, 15) is 4.79 Å². The van der Waals surface area contributed by atoms with Gasteiger partial charge in [-0.2, -0.15) is 0 Å². The van der Waals surface area contributed by atoms with Gasteiger partial charge in [0.05, 0.1) is 6.54 Å². The highest BCUT2D eigenvalue weighted by atomic mass is 16.1. The predicted molar refractivity (Wildman–Crippen MR) is 93.4 cm³/mol. The van der Waals surface area contributed by atoms with Gasteiger partial charge in [-0.1, -0.05) is 12.1 Å². The average molecular weight is 327 g/mol. The predicted octanol–water partition coefficient (Wildman–Crippen LogP) is 1.32. The molecule has 24 heavy (non-hydrogen) atoms. The first kappa shape index (κ1) is 16.7. The van der Waals surface area contributed by atoms with E-state index < -0.39 is 0 Å². The van der Waals surface area contributed by atoms with Crippen LogP contribution in [-0.4, -0.2) is 51.4 Å². The number of nitrogens with two attached hydrogens (primary N) is 1. The molecule has 0 atom stereocenters. The minimum absolute atomic E-state index is 0.368. The fourth-order valence-corrected chi connectivity index (χ4v) is 3.17. The molecule has 0 radical (unpaired) electrons. The minimum Gasteiger partial charge on any atom is -0.366 e. The van der Waals surface area contributed by atoms with Gasteiger partial charge in [-0.15, -0.1) is 0 Å². The Kier molecular flexibility index (Phi) is 5.27. The number of benzene rings is 1. The summed E-state index contributed by atoms with van der Waals surface area (Å²) in [4.78, 5) is 20.6. The number of imidazole rings is 1. The molecule has 0 unspecified atom stereocenters. The molecule has 0 spiro atoms. The second-order valence-corrected chi connectivity index (χ2v) is 6.25. The molecule has 6 nitrogen and oxygen atoms in total. The van der Waals surface area contributed by atoms with Crippen LogP contribution in [0, 0.1) is 0 Å². The van der Waals surface area contributed by atoms with Gasteiger partial charge >= 0.3 is 0 Å². The Labute approximate surface area is 142 Å². The van der Waals surface area contributed by atoms with E-state index in [0.29, 0.717) is 5.56 Å². The van der Waals surface area contributed by atoms with Crippen LogP contribution in [0.5, 0.6) is 0 Å². The molecular formula is C18H25N5O. The quantitative estimate of drug-likeness (QED) is 0.869. The zero-order chi connectivity index (χ0) is 16.9. The Hall–Kier alpha value is -2.18. The van der Waals surface area contributed by atoms with Crippen LogP contribution >= 0.6 is 0 Å². The molecule has 1 aromatic heterocycles. The van der Waals surface area contributed by atoms with Gasteiger partial charge in [-0.05, 0) is 24.6 Å². The Bertz CT molecular complexity index is 688. The summed E-state index contributed by atoms with van der Waals surface area (Å²) in [6.07, 6.45) is 3.91. The number of amides is 1. The molecule has 2 aromatic rings. The van der Waals surface area contributed by atoms with E-state index in [0.717, 1.165) is 57.2 Å². The molecule has 3 rings (SSSR count). The largest absolute Gasteiger partial charge is 0.366 e. The molecule has 1 amide bonds. The van der Waals surface area contributed by atoms with Crippen molar-refractivity contribution in [1.29, 1.82) is 0 Å². The number of nitrogens with zero attached hydrogens (tertiary/aromatic N) is 4. The summed E-state index contributed by atoms with van der Waals surface area (Å²) >= 11 is 0. The highest BCUT2D eigenvalue weighted by Crippen LogP contribution is 2.12. The van der Waals surface area contributed by atoms with Gasteiger partial charge in [0, 0.05) is 57.2 Å². The molecule has 1 fully saturated rings. The zero-order valence-electron chi connectivity index (χ0n) is 14.2. The SMILES string of the molecule is CCn1ccnc1CN1CCN(Cc2cccc(C(N)=O)c2)CC1. The van der Waals surface area contributed by atoms with Crippen molar-refractivity contribution in [3.05, 3.63) is 53.6 Å². The van der Waals surface area contributed by atoms with Crippen LogP contribution < -0.4 is 5.73 Å². The second-order valence-electron chi connectivity index (χ2n) is 6.25. The smallest absolute Gasteiger partial charge is 0.248 e. The Balaban J connectivity index is 1.52. The van der Waals surface area contributed by atoms with Crippen molar-refractivity contribution in [3.8, 4) is 0 Å².